The van der Waals surface area contributed by atoms with Crippen molar-refractivity contribution < 1.29 is 4.79 Å². The fourth-order valence-electron chi connectivity index (χ4n) is 2.97. The molecule has 1 aliphatic carbocycles. The fourth-order valence-corrected chi connectivity index (χ4v) is 2.97. The van der Waals surface area contributed by atoms with Crippen LogP contribution in [-0.4, -0.2) is 28.7 Å². The van der Waals surface area contributed by atoms with Crippen LogP contribution >= 0.6 is 0 Å². The molecule has 1 heterocycles. The van der Waals surface area contributed by atoms with Gasteiger partial charge in [0, 0.05) is 23.7 Å². The largest absolute Gasteiger partial charge is 0.346 e. The van der Waals surface area contributed by atoms with Crippen LogP contribution in [0.2, 0.25) is 0 Å². The van der Waals surface area contributed by atoms with E-state index in [1.165, 1.54) is 19.3 Å². The Morgan fingerprint density at radius 3 is 2.62 bits per heavy atom. The molecule has 1 atom stereocenters. The lowest BCUT2D eigenvalue weighted by molar-refractivity contribution is 0.0910. The molecular formula is C16H28N4O. The second-order valence-corrected chi connectivity index (χ2v) is 7.13. The molecule has 0 aromatic carbocycles. The predicted octanol–water partition coefficient (Wildman–Crippen LogP) is 2.34. The zero-order valence-electron chi connectivity index (χ0n) is 13.4. The van der Waals surface area contributed by atoms with Gasteiger partial charge in [-0.3, -0.25) is 9.89 Å². The Morgan fingerprint density at radius 2 is 2.10 bits per heavy atom. The number of hydrogen-bond donors (Lipinski definition) is 3. The van der Waals surface area contributed by atoms with Crippen LogP contribution in [0.25, 0.3) is 0 Å². The SMILES string of the molecule is CC(C)(C)c1cc(C(=O)NC(CN)C2CCCCC2)n[nH]1. The van der Waals surface area contributed by atoms with Crippen molar-refractivity contribution in [2.75, 3.05) is 6.54 Å². The van der Waals surface area contributed by atoms with Gasteiger partial charge in [0.1, 0.15) is 5.69 Å². The normalized spacial score (nSPS) is 18.5. The zero-order valence-corrected chi connectivity index (χ0v) is 13.4. The van der Waals surface area contributed by atoms with E-state index in [2.05, 4.69) is 36.3 Å². The van der Waals surface area contributed by atoms with Crippen molar-refractivity contribution in [3.8, 4) is 0 Å². The van der Waals surface area contributed by atoms with Gasteiger partial charge in [0.2, 0.25) is 0 Å². The van der Waals surface area contributed by atoms with E-state index in [9.17, 15) is 4.79 Å². The Kier molecular flexibility index (Phi) is 5.04. The Bertz CT molecular complexity index is 469. The molecule has 5 nitrogen and oxygen atoms in total. The minimum Gasteiger partial charge on any atom is -0.346 e. The van der Waals surface area contributed by atoms with Gasteiger partial charge in [0.15, 0.2) is 0 Å². The summed E-state index contributed by atoms with van der Waals surface area (Å²) in [5.74, 6) is 0.386. The fraction of sp³-hybridized carbons (Fsp3) is 0.750. The zero-order chi connectivity index (χ0) is 15.5. The number of carbonyl (C=O) groups is 1. The van der Waals surface area contributed by atoms with Crippen molar-refractivity contribution in [2.24, 2.45) is 11.7 Å². The van der Waals surface area contributed by atoms with Crippen molar-refractivity contribution in [3.63, 3.8) is 0 Å². The molecule has 1 saturated carbocycles. The highest BCUT2D eigenvalue weighted by atomic mass is 16.2. The van der Waals surface area contributed by atoms with E-state index in [1.54, 1.807) is 0 Å². The molecule has 4 N–H and O–H groups in total. The summed E-state index contributed by atoms with van der Waals surface area (Å²) in [5.41, 5.74) is 7.24. The quantitative estimate of drug-likeness (QED) is 0.796. The van der Waals surface area contributed by atoms with Crippen molar-refractivity contribution in [1.29, 1.82) is 0 Å². The van der Waals surface area contributed by atoms with Crippen molar-refractivity contribution in [1.82, 2.24) is 15.5 Å². The first-order chi connectivity index (χ1) is 9.91. The molecule has 0 bridgehead atoms. The molecule has 118 valence electrons. The first kappa shape index (κ1) is 16.0. The van der Waals surface area contributed by atoms with E-state index in [0.717, 1.165) is 18.5 Å². The molecule has 0 aliphatic heterocycles. The van der Waals surface area contributed by atoms with Gasteiger partial charge in [-0.15, -0.1) is 0 Å². The highest BCUT2D eigenvalue weighted by Crippen LogP contribution is 2.26. The van der Waals surface area contributed by atoms with Gasteiger partial charge in [0.05, 0.1) is 0 Å². The highest BCUT2D eigenvalue weighted by Gasteiger charge is 2.26. The number of H-pyrrole nitrogens is 1. The number of nitrogens with zero attached hydrogens (tertiary/aromatic N) is 1. The third-order valence-electron chi connectivity index (χ3n) is 4.41. The van der Waals surface area contributed by atoms with Crippen LogP contribution in [0.3, 0.4) is 0 Å². The number of hydrogen-bond acceptors (Lipinski definition) is 3. The Balaban J connectivity index is 2.00. The summed E-state index contributed by atoms with van der Waals surface area (Å²) >= 11 is 0. The molecule has 2 rings (SSSR count). The van der Waals surface area contributed by atoms with E-state index in [0.29, 0.717) is 18.2 Å². The maximum absolute atomic E-state index is 12.3. The Hall–Kier alpha value is -1.36. The number of aromatic nitrogens is 2. The summed E-state index contributed by atoms with van der Waals surface area (Å²) in [5, 5.41) is 10.2. The molecular weight excluding hydrogens is 264 g/mol. The first-order valence-electron chi connectivity index (χ1n) is 7.98. The standard InChI is InChI=1S/C16H28N4O/c1-16(2,3)14-9-12(19-20-14)15(21)18-13(10-17)11-7-5-4-6-8-11/h9,11,13H,4-8,10,17H2,1-3H3,(H,18,21)(H,19,20). The number of carbonyl (C=O) groups excluding carboxylic acids is 1. The average Bonchev–Trinajstić information content (AvgIpc) is 2.95. The lowest BCUT2D eigenvalue weighted by Crippen LogP contribution is -2.46. The van der Waals surface area contributed by atoms with Crippen molar-refractivity contribution in [3.05, 3.63) is 17.5 Å². The molecule has 1 aliphatic rings. The van der Waals surface area contributed by atoms with Crippen LogP contribution in [0.15, 0.2) is 6.07 Å². The number of nitrogens with one attached hydrogen (secondary N) is 2. The molecule has 0 spiro atoms. The molecule has 0 radical (unpaired) electrons. The second kappa shape index (κ2) is 6.60. The number of amides is 1. The summed E-state index contributed by atoms with van der Waals surface area (Å²) in [6, 6.07) is 1.90. The summed E-state index contributed by atoms with van der Waals surface area (Å²) in [6.45, 7) is 6.76. The van der Waals surface area contributed by atoms with Gasteiger partial charge in [-0.25, -0.2) is 0 Å². The summed E-state index contributed by atoms with van der Waals surface area (Å²) < 4.78 is 0. The minimum absolute atomic E-state index is 0.0395. The van der Waals surface area contributed by atoms with E-state index >= 15 is 0 Å². The molecule has 0 saturated heterocycles. The minimum atomic E-state index is -0.122. The van der Waals surface area contributed by atoms with E-state index in [4.69, 9.17) is 5.73 Å². The molecule has 1 amide bonds. The number of rotatable bonds is 4. The van der Waals surface area contributed by atoms with Gasteiger partial charge < -0.3 is 11.1 Å². The van der Waals surface area contributed by atoms with Crippen molar-refractivity contribution in [2.45, 2.75) is 64.3 Å². The van der Waals surface area contributed by atoms with Crippen LogP contribution < -0.4 is 11.1 Å². The van der Waals surface area contributed by atoms with Gasteiger partial charge >= 0.3 is 0 Å². The van der Waals surface area contributed by atoms with Crippen LogP contribution in [0, 0.1) is 5.92 Å². The topological polar surface area (TPSA) is 83.8 Å². The molecule has 1 aromatic heterocycles. The number of aromatic amines is 1. The molecule has 21 heavy (non-hydrogen) atoms. The number of nitrogens with two attached hydrogens (primary N) is 1. The van der Waals surface area contributed by atoms with E-state index in [-0.39, 0.29) is 17.4 Å². The lowest BCUT2D eigenvalue weighted by atomic mass is 9.84. The van der Waals surface area contributed by atoms with Crippen LogP contribution in [0.4, 0.5) is 0 Å². The van der Waals surface area contributed by atoms with Gasteiger partial charge in [0.25, 0.3) is 5.91 Å². The smallest absolute Gasteiger partial charge is 0.272 e. The van der Waals surface area contributed by atoms with Gasteiger partial charge in [-0.2, -0.15) is 5.10 Å². The van der Waals surface area contributed by atoms with Crippen molar-refractivity contribution >= 4 is 5.91 Å². The van der Waals surface area contributed by atoms with Crippen LogP contribution in [0.1, 0.15) is 69.1 Å². The average molecular weight is 292 g/mol. The van der Waals surface area contributed by atoms with E-state index < -0.39 is 0 Å². The van der Waals surface area contributed by atoms with Gasteiger partial charge in [-0.05, 0) is 24.8 Å². The predicted molar refractivity (Wildman–Crippen MR) is 84.2 cm³/mol. The summed E-state index contributed by atoms with van der Waals surface area (Å²) in [6.07, 6.45) is 6.11. The second-order valence-electron chi connectivity index (χ2n) is 7.13. The highest BCUT2D eigenvalue weighted by molar-refractivity contribution is 5.92. The summed E-state index contributed by atoms with van der Waals surface area (Å²) in [7, 11) is 0. The van der Waals surface area contributed by atoms with Crippen LogP contribution in [-0.2, 0) is 5.41 Å². The third kappa shape index (κ3) is 4.06. The molecule has 1 aromatic rings. The van der Waals surface area contributed by atoms with Crippen LogP contribution in [0.5, 0.6) is 0 Å². The molecule has 1 unspecified atom stereocenters. The van der Waals surface area contributed by atoms with Gasteiger partial charge in [-0.1, -0.05) is 40.0 Å². The molecule has 5 heteroatoms. The third-order valence-corrected chi connectivity index (χ3v) is 4.41. The maximum atomic E-state index is 12.3. The first-order valence-corrected chi connectivity index (χ1v) is 7.98. The summed E-state index contributed by atoms with van der Waals surface area (Å²) in [4.78, 5) is 12.3. The monoisotopic (exact) mass is 292 g/mol. The maximum Gasteiger partial charge on any atom is 0.272 e. The van der Waals surface area contributed by atoms with E-state index in [1.807, 2.05) is 6.07 Å². The lowest BCUT2D eigenvalue weighted by Gasteiger charge is -2.29. The Morgan fingerprint density at radius 1 is 1.43 bits per heavy atom. The Labute approximate surface area is 127 Å². The molecule has 1 fully saturated rings.